The number of hydrogen-bond donors (Lipinski definition) is 1. The van der Waals surface area contributed by atoms with Crippen molar-refractivity contribution < 1.29 is 22.1 Å². The molecule has 3 heterocycles. The van der Waals surface area contributed by atoms with E-state index >= 15 is 0 Å². The van der Waals surface area contributed by atoms with Gasteiger partial charge in [0.1, 0.15) is 24.1 Å². The molecule has 4 rings (SSSR count). The van der Waals surface area contributed by atoms with Gasteiger partial charge in [-0.25, -0.2) is 20.1 Å². The fourth-order valence-corrected chi connectivity index (χ4v) is 4.07. The van der Waals surface area contributed by atoms with Crippen LogP contribution in [0.15, 0.2) is 43.0 Å². The van der Waals surface area contributed by atoms with Gasteiger partial charge in [0.2, 0.25) is 0 Å². The SMILES string of the molecule is CO[C@H]1[C@H](n2cnc3c(CCc4ccccc4)ncnc32)CO[C@@H]1COS(N)(=O)=O. The molecule has 30 heavy (non-hydrogen) atoms. The van der Waals surface area contributed by atoms with Crippen LogP contribution in [-0.2, 0) is 36.8 Å². The second kappa shape index (κ2) is 8.74. The molecule has 160 valence electrons. The molecule has 2 aromatic heterocycles. The molecule has 0 unspecified atom stereocenters. The Morgan fingerprint density at radius 3 is 2.73 bits per heavy atom. The number of nitrogens with zero attached hydrogens (tertiary/aromatic N) is 4. The molecule has 0 saturated carbocycles. The zero-order valence-electron chi connectivity index (χ0n) is 16.4. The van der Waals surface area contributed by atoms with E-state index in [1.807, 2.05) is 22.8 Å². The summed E-state index contributed by atoms with van der Waals surface area (Å²) in [5.41, 5.74) is 3.50. The summed E-state index contributed by atoms with van der Waals surface area (Å²) in [6.07, 6.45) is 3.76. The molecule has 1 saturated heterocycles. The fraction of sp³-hybridized carbons (Fsp3) is 0.421. The Morgan fingerprint density at radius 2 is 2.00 bits per heavy atom. The highest BCUT2D eigenvalue weighted by atomic mass is 32.2. The smallest absolute Gasteiger partial charge is 0.333 e. The third-order valence-corrected chi connectivity index (χ3v) is 5.65. The second-order valence-electron chi connectivity index (χ2n) is 7.05. The van der Waals surface area contributed by atoms with Gasteiger partial charge in [0.05, 0.1) is 31.3 Å². The van der Waals surface area contributed by atoms with Crippen molar-refractivity contribution in [3.8, 4) is 0 Å². The van der Waals surface area contributed by atoms with Crippen LogP contribution in [0.2, 0.25) is 0 Å². The van der Waals surface area contributed by atoms with Crippen molar-refractivity contribution in [1.29, 1.82) is 0 Å². The number of nitrogens with two attached hydrogens (primary N) is 1. The van der Waals surface area contributed by atoms with Gasteiger partial charge in [-0.05, 0) is 18.4 Å². The predicted octanol–water partition coefficient (Wildman–Crippen LogP) is 0.787. The lowest BCUT2D eigenvalue weighted by Gasteiger charge is -2.22. The van der Waals surface area contributed by atoms with Crippen LogP contribution < -0.4 is 5.14 Å². The molecule has 0 spiro atoms. The number of aryl methyl sites for hydroxylation is 2. The predicted molar refractivity (Wildman–Crippen MR) is 108 cm³/mol. The minimum atomic E-state index is -4.06. The maximum Gasteiger partial charge on any atom is 0.333 e. The number of hydrogen-bond acceptors (Lipinski definition) is 8. The van der Waals surface area contributed by atoms with E-state index in [0.29, 0.717) is 12.3 Å². The maximum atomic E-state index is 11.1. The van der Waals surface area contributed by atoms with E-state index in [9.17, 15) is 8.42 Å². The molecule has 3 atom stereocenters. The Labute approximate surface area is 174 Å². The largest absolute Gasteiger partial charge is 0.376 e. The van der Waals surface area contributed by atoms with Crippen LogP contribution in [0.4, 0.5) is 0 Å². The van der Waals surface area contributed by atoms with Crippen LogP contribution in [0.3, 0.4) is 0 Å². The van der Waals surface area contributed by atoms with Crippen molar-refractivity contribution >= 4 is 21.5 Å². The molecule has 1 aliphatic heterocycles. The number of benzene rings is 1. The summed E-state index contributed by atoms with van der Waals surface area (Å²) < 4.78 is 40.1. The minimum absolute atomic E-state index is 0.224. The summed E-state index contributed by atoms with van der Waals surface area (Å²) in [6.45, 7) is 0.0732. The van der Waals surface area contributed by atoms with Crippen molar-refractivity contribution in [3.05, 3.63) is 54.2 Å². The van der Waals surface area contributed by atoms with Crippen molar-refractivity contribution in [2.75, 3.05) is 20.3 Å². The van der Waals surface area contributed by atoms with Crippen molar-refractivity contribution in [1.82, 2.24) is 19.5 Å². The normalized spacial score (nSPS) is 22.0. The summed E-state index contributed by atoms with van der Waals surface area (Å²) in [6, 6.07) is 9.94. The zero-order valence-corrected chi connectivity index (χ0v) is 17.2. The number of imidazole rings is 1. The molecule has 0 aliphatic carbocycles. The number of ether oxygens (including phenoxy) is 2. The molecule has 1 aromatic carbocycles. The quantitative estimate of drug-likeness (QED) is 0.551. The van der Waals surface area contributed by atoms with Gasteiger partial charge < -0.3 is 14.0 Å². The van der Waals surface area contributed by atoms with Gasteiger partial charge in [-0.2, -0.15) is 8.42 Å². The second-order valence-corrected chi connectivity index (χ2v) is 8.27. The summed E-state index contributed by atoms with van der Waals surface area (Å²) >= 11 is 0. The number of aromatic nitrogens is 4. The standard InChI is InChI=1S/C19H23N5O5S/c1-27-18-15(9-28-16(18)10-29-30(20,25)26)24-12-23-17-14(21-11-22-19(17)24)8-7-13-5-3-2-4-6-13/h2-6,11-12,15-16,18H,7-10H2,1H3,(H2,20,25,26)/t15-,16-,18+/m1/s1. The van der Waals surface area contributed by atoms with Gasteiger partial charge >= 0.3 is 10.3 Å². The molecular formula is C19H23N5O5S. The first-order valence-corrected chi connectivity index (χ1v) is 11.0. The maximum absolute atomic E-state index is 11.1. The van der Waals surface area contributed by atoms with Crippen molar-refractivity contribution in [2.24, 2.45) is 5.14 Å². The molecule has 10 nitrogen and oxygen atoms in total. The Bertz CT molecular complexity index is 1100. The summed E-state index contributed by atoms with van der Waals surface area (Å²) in [4.78, 5) is 13.4. The molecule has 3 aromatic rings. The van der Waals surface area contributed by atoms with E-state index in [4.69, 9.17) is 14.6 Å². The van der Waals surface area contributed by atoms with Gasteiger partial charge in [-0.1, -0.05) is 30.3 Å². The average molecular weight is 433 g/mol. The van der Waals surface area contributed by atoms with E-state index in [0.717, 1.165) is 24.1 Å². The zero-order chi connectivity index (χ0) is 21.1. The first-order valence-electron chi connectivity index (χ1n) is 9.48. The molecular weight excluding hydrogens is 410 g/mol. The average Bonchev–Trinajstić information content (AvgIpc) is 3.34. The Balaban J connectivity index is 1.54. The number of rotatable bonds is 8. The Hall–Kier alpha value is -2.44. The first-order chi connectivity index (χ1) is 14.5. The molecule has 11 heteroatoms. The van der Waals surface area contributed by atoms with Gasteiger partial charge in [-0.3, -0.25) is 4.18 Å². The topological polar surface area (TPSA) is 131 Å². The first kappa shape index (κ1) is 20.8. The van der Waals surface area contributed by atoms with E-state index in [2.05, 4.69) is 31.3 Å². The van der Waals surface area contributed by atoms with Gasteiger partial charge in [0.25, 0.3) is 0 Å². The van der Waals surface area contributed by atoms with Crippen LogP contribution in [-0.4, -0.2) is 60.5 Å². The highest BCUT2D eigenvalue weighted by Crippen LogP contribution is 2.30. The van der Waals surface area contributed by atoms with Gasteiger partial charge in [0.15, 0.2) is 5.65 Å². The summed E-state index contributed by atoms with van der Waals surface area (Å²) in [5.74, 6) is 0. The monoisotopic (exact) mass is 433 g/mol. The summed E-state index contributed by atoms with van der Waals surface area (Å²) in [5, 5.41) is 4.91. The van der Waals surface area contributed by atoms with Crippen molar-refractivity contribution in [3.63, 3.8) is 0 Å². The Morgan fingerprint density at radius 1 is 1.20 bits per heavy atom. The lowest BCUT2D eigenvalue weighted by atomic mass is 10.1. The van der Waals surface area contributed by atoms with Gasteiger partial charge in [-0.15, -0.1) is 0 Å². The summed E-state index contributed by atoms with van der Waals surface area (Å²) in [7, 11) is -2.52. The van der Waals surface area contributed by atoms with E-state index in [1.165, 1.54) is 19.0 Å². The van der Waals surface area contributed by atoms with E-state index in [-0.39, 0.29) is 12.6 Å². The highest BCUT2D eigenvalue weighted by molar-refractivity contribution is 7.84. The van der Waals surface area contributed by atoms with Crippen molar-refractivity contribution in [2.45, 2.75) is 31.1 Å². The fourth-order valence-electron chi connectivity index (χ4n) is 3.75. The van der Waals surface area contributed by atoms with E-state index in [1.54, 1.807) is 6.33 Å². The van der Waals surface area contributed by atoms with Gasteiger partial charge in [0, 0.05) is 7.11 Å². The lowest BCUT2D eigenvalue weighted by molar-refractivity contribution is -0.0118. The van der Waals surface area contributed by atoms with Crippen LogP contribution in [0, 0.1) is 0 Å². The third-order valence-electron chi connectivity index (χ3n) is 5.18. The lowest BCUT2D eigenvalue weighted by Crippen LogP contribution is -2.35. The Kier molecular flexibility index (Phi) is 6.06. The van der Waals surface area contributed by atoms with Crippen LogP contribution >= 0.6 is 0 Å². The third kappa shape index (κ3) is 4.50. The molecule has 0 amide bonds. The molecule has 1 fully saturated rings. The molecule has 0 bridgehead atoms. The molecule has 0 radical (unpaired) electrons. The molecule has 1 aliphatic rings. The number of fused-ring (bicyclic) bond motifs is 1. The molecule has 2 N–H and O–H groups in total. The number of methoxy groups -OCH3 is 1. The highest BCUT2D eigenvalue weighted by Gasteiger charge is 2.40. The van der Waals surface area contributed by atoms with E-state index < -0.39 is 22.5 Å². The minimum Gasteiger partial charge on any atom is -0.376 e. The van der Waals surface area contributed by atoms with Crippen LogP contribution in [0.1, 0.15) is 17.3 Å². The van der Waals surface area contributed by atoms with Crippen LogP contribution in [0.5, 0.6) is 0 Å². The van der Waals surface area contributed by atoms with Crippen LogP contribution in [0.25, 0.3) is 11.2 Å².